The highest BCUT2D eigenvalue weighted by Crippen LogP contribution is 2.09. The number of hydrogen-bond acceptors (Lipinski definition) is 2. The normalized spacial score (nSPS) is 10.0. The number of nitrogens with one attached hydrogen (secondary N) is 1. The fourth-order valence-electron chi connectivity index (χ4n) is 1.57. The molecule has 0 atom stereocenters. The topological polar surface area (TPSA) is 69.6 Å². The number of benzene rings is 1. The van der Waals surface area contributed by atoms with Gasteiger partial charge in [-0.15, -0.1) is 0 Å². The van der Waals surface area contributed by atoms with E-state index >= 15 is 0 Å². The maximum Gasteiger partial charge on any atom is 0.323 e. The Morgan fingerprint density at radius 2 is 1.95 bits per heavy atom. The van der Waals surface area contributed by atoms with Crippen molar-refractivity contribution in [3.05, 3.63) is 34.9 Å². The van der Waals surface area contributed by atoms with Crippen LogP contribution in [0.5, 0.6) is 0 Å². The van der Waals surface area contributed by atoms with Crippen molar-refractivity contribution < 1.29 is 14.7 Å². The molecule has 0 unspecified atom stereocenters. The molecule has 1 aromatic rings. The number of amides is 2. The third kappa shape index (κ3) is 5.61. The maximum absolute atomic E-state index is 11.7. The molecule has 0 saturated heterocycles. The lowest BCUT2D eigenvalue weighted by Gasteiger charge is -2.19. The van der Waals surface area contributed by atoms with E-state index in [1.807, 2.05) is 12.1 Å². The van der Waals surface area contributed by atoms with Gasteiger partial charge >= 0.3 is 12.0 Å². The number of nitrogens with zero attached hydrogens (tertiary/aromatic N) is 1. The monoisotopic (exact) mass is 284 g/mol. The molecule has 0 saturated carbocycles. The fourth-order valence-corrected chi connectivity index (χ4v) is 1.69. The number of carbonyl (C=O) groups is 2. The van der Waals surface area contributed by atoms with E-state index in [1.54, 1.807) is 19.1 Å². The Morgan fingerprint density at radius 1 is 1.32 bits per heavy atom. The average molecular weight is 285 g/mol. The van der Waals surface area contributed by atoms with Gasteiger partial charge in [-0.2, -0.15) is 0 Å². The summed E-state index contributed by atoms with van der Waals surface area (Å²) in [7, 11) is 0. The van der Waals surface area contributed by atoms with E-state index < -0.39 is 5.97 Å². The fraction of sp³-hybridized carbons (Fsp3) is 0.385. The van der Waals surface area contributed by atoms with Crippen LogP contribution in [-0.2, 0) is 11.2 Å². The van der Waals surface area contributed by atoms with Crippen LogP contribution < -0.4 is 5.32 Å². The Hall–Kier alpha value is -1.75. The Labute approximate surface area is 117 Å². The predicted octanol–water partition coefficient (Wildman–Crippen LogP) is 2.00. The minimum Gasteiger partial charge on any atom is -0.480 e. The standard InChI is InChI=1S/C13H17ClN2O3/c1-2-16(9-12(17)18)13(19)15-8-7-10-3-5-11(14)6-4-10/h3-6H,2,7-9H2,1H3,(H,15,19)(H,17,18). The maximum atomic E-state index is 11.7. The first-order chi connectivity index (χ1) is 9.02. The SMILES string of the molecule is CCN(CC(=O)O)C(=O)NCCc1ccc(Cl)cc1. The number of aliphatic carboxylic acids is 1. The molecule has 0 aliphatic heterocycles. The van der Waals surface area contributed by atoms with Crippen LogP contribution in [0.1, 0.15) is 12.5 Å². The van der Waals surface area contributed by atoms with Gasteiger partial charge in [-0.25, -0.2) is 4.79 Å². The summed E-state index contributed by atoms with van der Waals surface area (Å²) in [5.74, 6) is -1.02. The first-order valence-electron chi connectivity index (χ1n) is 6.02. The second kappa shape index (κ2) is 7.63. The zero-order chi connectivity index (χ0) is 14.3. The second-order valence-corrected chi connectivity index (χ2v) is 4.45. The minimum atomic E-state index is -1.02. The second-order valence-electron chi connectivity index (χ2n) is 4.02. The highest BCUT2D eigenvalue weighted by atomic mass is 35.5. The van der Waals surface area contributed by atoms with E-state index in [-0.39, 0.29) is 12.6 Å². The summed E-state index contributed by atoms with van der Waals surface area (Å²) in [6, 6.07) is 7.01. The Morgan fingerprint density at radius 3 is 2.47 bits per heavy atom. The highest BCUT2D eigenvalue weighted by Gasteiger charge is 2.13. The van der Waals surface area contributed by atoms with Crippen molar-refractivity contribution in [1.82, 2.24) is 10.2 Å². The lowest BCUT2D eigenvalue weighted by atomic mass is 10.1. The van der Waals surface area contributed by atoms with Crippen molar-refractivity contribution in [1.29, 1.82) is 0 Å². The van der Waals surface area contributed by atoms with Crippen LogP contribution in [0.15, 0.2) is 24.3 Å². The molecule has 19 heavy (non-hydrogen) atoms. The zero-order valence-electron chi connectivity index (χ0n) is 10.7. The molecule has 6 heteroatoms. The molecule has 104 valence electrons. The number of carboxylic acid groups (broad SMARTS) is 1. The van der Waals surface area contributed by atoms with Gasteiger partial charge in [0.15, 0.2) is 0 Å². The third-order valence-corrected chi connectivity index (χ3v) is 2.85. The summed E-state index contributed by atoms with van der Waals surface area (Å²) in [6.07, 6.45) is 0.674. The van der Waals surface area contributed by atoms with Gasteiger partial charge in [0.2, 0.25) is 0 Å². The molecule has 5 nitrogen and oxygen atoms in total. The number of rotatable bonds is 6. The van der Waals surface area contributed by atoms with E-state index in [2.05, 4.69) is 5.32 Å². The molecule has 0 spiro atoms. The number of hydrogen-bond donors (Lipinski definition) is 2. The van der Waals surface area contributed by atoms with E-state index in [4.69, 9.17) is 16.7 Å². The highest BCUT2D eigenvalue weighted by molar-refractivity contribution is 6.30. The van der Waals surface area contributed by atoms with Gasteiger partial charge in [0.25, 0.3) is 0 Å². The molecule has 1 rings (SSSR count). The van der Waals surface area contributed by atoms with Crippen molar-refractivity contribution in [2.75, 3.05) is 19.6 Å². The number of likely N-dealkylation sites (N-methyl/N-ethyl adjacent to an activating group) is 1. The lowest BCUT2D eigenvalue weighted by molar-refractivity contribution is -0.137. The van der Waals surface area contributed by atoms with Crippen LogP contribution in [0.25, 0.3) is 0 Å². The summed E-state index contributed by atoms with van der Waals surface area (Å²) in [6.45, 7) is 2.26. The summed E-state index contributed by atoms with van der Waals surface area (Å²) in [5.41, 5.74) is 1.06. The number of carboxylic acids is 1. The predicted molar refractivity (Wildman–Crippen MR) is 73.4 cm³/mol. The van der Waals surface area contributed by atoms with Crippen LogP contribution in [0.2, 0.25) is 5.02 Å². The summed E-state index contributed by atoms with van der Waals surface area (Å²) in [5, 5.41) is 12.0. The molecule has 2 N–H and O–H groups in total. The van der Waals surface area contributed by atoms with E-state index in [0.29, 0.717) is 24.5 Å². The number of urea groups is 1. The molecule has 0 aliphatic rings. The molecule has 0 heterocycles. The summed E-state index contributed by atoms with van der Waals surface area (Å²) < 4.78 is 0. The first-order valence-corrected chi connectivity index (χ1v) is 6.39. The minimum absolute atomic E-state index is 0.288. The molecule has 0 radical (unpaired) electrons. The van der Waals surface area contributed by atoms with Crippen molar-refractivity contribution in [2.24, 2.45) is 0 Å². The van der Waals surface area contributed by atoms with E-state index in [1.165, 1.54) is 4.90 Å². The average Bonchev–Trinajstić information content (AvgIpc) is 2.38. The Kier molecular flexibility index (Phi) is 6.15. The molecule has 1 aromatic carbocycles. The van der Waals surface area contributed by atoms with Gasteiger partial charge in [-0.3, -0.25) is 4.79 Å². The van der Waals surface area contributed by atoms with Gasteiger partial charge in [0, 0.05) is 18.1 Å². The van der Waals surface area contributed by atoms with Crippen molar-refractivity contribution >= 4 is 23.6 Å². The number of halogens is 1. The first kappa shape index (κ1) is 15.3. The largest absolute Gasteiger partial charge is 0.480 e. The lowest BCUT2D eigenvalue weighted by Crippen LogP contribution is -2.43. The summed E-state index contributed by atoms with van der Waals surface area (Å²) >= 11 is 5.77. The van der Waals surface area contributed by atoms with Crippen LogP contribution in [0.4, 0.5) is 4.79 Å². The Balaban J connectivity index is 2.37. The van der Waals surface area contributed by atoms with Gasteiger partial charge < -0.3 is 15.3 Å². The van der Waals surface area contributed by atoms with E-state index in [0.717, 1.165) is 5.56 Å². The van der Waals surface area contributed by atoms with Crippen molar-refractivity contribution in [2.45, 2.75) is 13.3 Å². The van der Waals surface area contributed by atoms with E-state index in [9.17, 15) is 9.59 Å². The molecule has 0 fully saturated rings. The number of carbonyl (C=O) groups excluding carboxylic acids is 1. The quantitative estimate of drug-likeness (QED) is 0.839. The van der Waals surface area contributed by atoms with Gasteiger partial charge in [-0.05, 0) is 31.0 Å². The molecule has 0 bridgehead atoms. The van der Waals surface area contributed by atoms with Gasteiger partial charge in [0.1, 0.15) is 6.54 Å². The van der Waals surface area contributed by atoms with Crippen molar-refractivity contribution in [3.8, 4) is 0 Å². The van der Waals surface area contributed by atoms with Crippen LogP contribution >= 0.6 is 11.6 Å². The van der Waals surface area contributed by atoms with Crippen molar-refractivity contribution in [3.63, 3.8) is 0 Å². The Bertz CT molecular complexity index is 434. The smallest absolute Gasteiger partial charge is 0.323 e. The van der Waals surface area contributed by atoms with Gasteiger partial charge in [0.05, 0.1) is 0 Å². The molecular formula is C13H17ClN2O3. The summed E-state index contributed by atoms with van der Waals surface area (Å²) in [4.78, 5) is 23.5. The van der Waals surface area contributed by atoms with Crippen LogP contribution in [-0.4, -0.2) is 41.6 Å². The zero-order valence-corrected chi connectivity index (χ0v) is 11.5. The molecule has 0 aromatic heterocycles. The molecule has 2 amide bonds. The van der Waals surface area contributed by atoms with Crippen LogP contribution in [0.3, 0.4) is 0 Å². The van der Waals surface area contributed by atoms with Crippen LogP contribution in [0, 0.1) is 0 Å². The molecular weight excluding hydrogens is 268 g/mol. The van der Waals surface area contributed by atoms with Gasteiger partial charge in [-0.1, -0.05) is 23.7 Å². The third-order valence-electron chi connectivity index (χ3n) is 2.60. The molecule has 0 aliphatic carbocycles.